The van der Waals surface area contributed by atoms with E-state index < -0.39 is 30.3 Å². The number of benzene rings is 1. The fourth-order valence-electron chi connectivity index (χ4n) is 4.64. The van der Waals surface area contributed by atoms with Gasteiger partial charge in [-0.1, -0.05) is 48.6 Å². The maximum atomic E-state index is 14.5. The Labute approximate surface area is 171 Å². The normalized spacial score (nSPS) is 28.4. The quantitative estimate of drug-likeness (QED) is 0.433. The number of hydrogen-bond donors (Lipinski definition) is 3. The lowest BCUT2D eigenvalue weighted by Gasteiger charge is -2.20. The number of aliphatic hydroxyl groups is 2. The summed E-state index contributed by atoms with van der Waals surface area (Å²) in [5.74, 6) is -1.32. The number of rotatable bonds is 9. The summed E-state index contributed by atoms with van der Waals surface area (Å²) in [5, 5.41) is 29.5. The number of fused-ring (bicyclic) bond motifs is 1. The van der Waals surface area contributed by atoms with Crippen molar-refractivity contribution in [3.63, 3.8) is 0 Å². The summed E-state index contributed by atoms with van der Waals surface area (Å²) in [5.41, 5.74) is 2.55. The monoisotopic (exact) mass is 402 g/mol. The van der Waals surface area contributed by atoms with E-state index in [1.165, 1.54) is 11.1 Å². The van der Waals surface area contributed by atoms with Crippen molar-refractivity contribution < 1.29 is 24.5 Å². The minimum Gasteiger partial charge on any atom is -0.481 e. The van der Waals surface area contributed by atoms with Gasteiger partial charge in [0.05, 0.1) is 12.2 Å². The zero-order chi connectivity index (χ0) is 20.8. The Morgan fingerprint density at radius 2 is 1.90 bits per heavy atom. The van der Waals surface area contributed by atoms with Crippen molar-refractivity contribution in [1.29, 1.82) is 0 Å². The van der Waals surface area contributed by atoms with Gasteiger partial charge in [-0.05, 0) is 55.1 Å². The number of alkyl halides is 1. The first-order chi connectivity index (χ1) is 14.0. The topological polar surface area (TPSA) is 77.8 Å². The lowest BCUT2D eigenvalue weighted by Crippen LogP contribution is -2.21. The van der Waals surface area contributed by atoms with Crippen molar-refractivity contribution in [3.8, 4) is 0 Å². The van der Waals surface area contributed by atoms with E-state index in [9.17, 15) is 19.4 Å². The molecule has 0 bridgehead atoms. The van der Waals surface area contributed by atoms with Crippen LogP contribution in [0.15, 0.2) is 48.6 Å². The van der Waals surface area contributed by atoms with Crippen LogP contribution in [0.3, 0.4) is 0 Å². The summed E-state index contributed by atoms with van der Waals surface area (Å²) in [6.45, 7) is 0. The van der Waals surface area contributed by atoms with Gasteiger partial charge in [0.25, 0.3) is 0 Å². The molecule has 0 saturated heterocycles. The van der Waals surface area contributed by atoms with E-state index in [-0.39, 0.29) is 24.7 Å². The largest absolute Gasteiger partial charge is 0.481 e. The Morgan fingerprint density at radius 1 is 1.21 bits per heavy atom. The van der Waals surface area contributed by atoms with Crippen molar-refractivity contribution in [2.24, 2.45) is 17.8 Å². The lowest BCUT2D eigenvalue weighted by atomic mass is 9.89. The first-order valence-corrected chi connectivity index (χ1v) is 10.6. The number of carbonyl (C=O) groups is 1. The molecule has 2 aliphatic rings. The smallest absolute Gasteiger partial charge is 0.303 e. The molecule has 0 heterocycles. The number of carboxylic acid groups (broad SMARTS) is 1. The van der Waals surface area contributed by atoms with Gasteiger partial charge in [0.15, 0.2) is 0 Å². The van der Waals surface area contributed by atoms with E-state index in [0.717, 1.165) is 12.8 Å². The van der Waals surface area contributed by atoms with Crippen LogP contribution in [0.25, 0.3) is 0 Å². The fraction of sp³-hybridized carbons (Fsp3) is 0.542. The fourth-order valence-corrected chi connectivity index (χ4v) is 4.64. The van der Waals surface area contributed by atoms with Crippen LogP contribution >= 0.6 is 0 Å². The molecule has 3 N–H and O–H groups in total. The first-order valence-electron chi connectivity index (χ1n) is 10.6. The minimum atomic E-state index is -1.11. The van der Waals surface area contributed by atoms with Crippen molar-refractivity contribution >= 4 is 5.97 Å². The second-order valence-corrected chi connectivity index (χ2v) is 8.37. The summed E-state index contributed by atoms with van der Waals surface area (Å²) in [6.07, 6.45) is 8.57. The summed E-state index contributed by atoms with van der Waals surface area (Å²) >= 11 is 0. The van der Waals surface area contributed by atoms with Gasteiger partial charge in [-0.25, -0.2) is 4.39 Å². The van der Waals surface area contributed by atoms with Crippen LogP contribution in [0, 0.1) is 17.8 Å². The molecule has 0 amide bonds. The van der Waals surface area contributed by atoms with Gasteiger partial charge in [0.1, 0.15) is 6.17 Å². The average Bonchev–Trinajstić information content (AvgIpc) is 3.23. The molecule has 1 aromatic rings. The number of allylic oxidation sites excluding steroid dienone is 3. The second-order valence-electron chi connectivity index (χ2n) is 8.37. The molecule has 3 unspecified atom stereocenters. The van der Waals surface area contributed by atoms with Gasteiger partial charge in [0.2, 0.25) is 0 Å². The van der Waals surface area contributed by atoms with Crippen LogP contribution in [-0.2, 0) is 17.6 Å². The molecule has 5 heteroatoms. The highest BCUT2D eigenvalue weighted by atomic mass is 19.1. The SMILES string of the molecule is O=C(O)CCC/C=C\CC1C(/C=C/[C@H](O)C2Cc3ccccc3C2)C(F)C[C@@H]1O. The van der Waals surface area contributed by atoms with Gasteiger partial charge >= 0.3 is 5.97 Å². The Kier molecular flexibility index (Phi) is 7.62. The van der Waals surface area contributed by atoms with E-state index >= 15 is 0 Å². The second kappa shape index (κ2) is 10.2. The number of unbranched alkanes of at least 4 members (excludes halogenated alkanes) is 1. The van der Waals surface area contributed by atoms with Gasteiger partial charge in [0, 0.05) is 18.8 Å². The number of halogens is 1. The molecule has 0 radical (unpaired) electrons. The molecule has 158 valence electrons. The average molecular weight is 403 g/mol. The molecule has 1 aromatic carbocycles. The first kappa shape index (κ1) is 21.7. The van der Waals surface area contributed by atoms with Crippen molar-refractivity contribution in [2.75, 3.05) is 0 Å². The standard InChI is InChI=1S/C24H31FO4/c25-21-15-23(27)20(9-3-1-2-4-10-24(28)29)19(21)11-12-22(26)18-13-16-7-5-6-8-17(16)14-18/h1,3,5-8,11-12,18-23,26-27H,2,4,9-10,13-15H2,(H,28,29)/b3-1-,12-11+/t19?,20?,21?,22-,23-/m0/s1. The van der Waals surface area contributed by atoms with Gasteiger partial charge in [-0.3, -0.25) is 4.79 Å². The minimum absolute atomic E-state index is 0.112. The number of aliphatic carboxylic acids is 1. The maximum Gasteiger partial charge on any atom is 0.303 e. The van der Waals surface area contributed by atoms with E-state index in [4.69, 9.17) is 5.11 Å². The van der Waals surface area contributed by atoms with Crippen LogP contribution in [0.4, 0.5) is 4.39 Å². The molecule has 1 saturated carbocycles. The predicted octanol–water partition coefficient (Wildman–Crippen LogP) is 3.85. The molecular formula is C24H31FO4. The number of aliphatic hydroxyl groups excluding tert-OH is 2. The molecule has 5 atom stereocenters. The van der Waals surface area contributed by atoms with Gasteiger partial charge in [-0.15, -0.1) is 0 Å². The Bertz CT molecular complexity index is 719. The van der Waals surface area contributed by atoms with E-state index in [0.29, 0.717) is 19.3 Å². The van der Waals surface area contributed by atoms with Crippen LogP contribution in [-0.4, -0.2) is 39.7 Å². The van der Waals surface area contributed by atoms with Gasteiger partial charge < -0.3 is 15.3 Å². The summed E-state index contributed by atoms with van der Waals surface area (Å²) < 4.78 is 14.5. The third kappa shape index (κ3) is 5.77. The Hall–Kier alpha value is -1.98. The summed E-state index contributed by atoms with van der Waals surface area (Å²) in [6, 6.07) is 8.21. The molecule has 0 aliphatic heterocycles. The Balaban J connectivity index is 1.53. The molecule has 0 aromatic heterocycles. The molecule has 2 aliphatic carbocycles. The highest BCUT2D eigenvalue weighted by molar-refractivity contribution is 5.66. The van der Waals surface area contributed by atoms with E-state index in [1.54, 1.807) is 12.2 Å². The Morgan fingerprint density at radius 3 is 2.55 bits per heavy atom. The highest BCUT2D eigenvalue weighted by Crippen LogP contribution is 2.38. The van der Waals surface area contributed by atoms with Crippen LogP contribution in [0.2, 0.25) is 0 Å². The maximum absolute atomic E-state index is 14.5. The highest BCUT2D eigenvalue weighted by Gasteiger charge is 2.40. The summed E-state index contributed by atoms with van der Waals surface area (Å²) in [4.78, 5) is 10.5. The zero-order valence-corrected chi connectivity index (χ0v) is 16.7. The lowest BCUT2D eigenvalue weighted by molar-refractivity contribution is -0.137. The predicted molar refractivity (Wildman–Crippen MR) is 110 cm³/mol. The third-order valence-electron chi connectivity index (χ3n) is 6.31. The van der Waals surface area contributed by atoms with Gasteiger partial charge in [-0.2, -0.15) is 0 Å². The molecule has 29 heavy (non-hydrogen) atoms. The van der Waals surface area contributed by atoms with Crippen molar-refractivity contribution in [1.82, 2.24) is 0 Å². The molecular weight excluding hydrogens is 371 g/mol. The van der Waals surface area contributed by atoms with E-state index in [1.807, 2.05) is 24.3 Å². The van der Waals surface area contributed by atoms with Crippen molar-refractivity contribution in [2.45, 2.75) is 63.3 Å². The van der Waals surface area contributed by atoms with Crippen LogP contribution < -0.4 is 0 Å². The van der Waals surface area contributed by atoms with Crippen LogP contribution in [0.5, 0.6) is 0 Å². The van der Waals surface area contributed by atoms with E-state index in [2.05, 4.69) is 12.1 Å². The molecule has 3 rings (SSSR count). The number of carboxylic acids is 1. The number of hydrogen-bond acceptors (Lipinski definition) is 3. The molecule has 1 fully saturated rings. The molecule has 0 spiro atoms. The third-order valence-corrected chi connectivity index (χ3v) is 6.31. The van der Waals surface area contributed by atoms with Crippen LogP contribution in [0.1, 0.15) is 43.2 Å². The van der Waals surface area contributed by atoms with Crippen molar-refractivity contribution in [3.05, 3.63) is 59.7 Å². The summed E-state index contributed by atoms with van der Waals surface area (Å²) in [7, 11) is 0. The molecule has 4 nitrogen and oxygen atoms in total. The zero-order valence-electron chi connectivity index (χ0n) is 16.7.